The van der Waals surface area contributed by atoms with Gasteiger partial charge in [0.1, 0.15) is 11.8 Å². The Bertz CT molecular complexity index is 717. The SMILES string of the molecule is CCOC(=O)c1cnn(-c2cccc(C)c2)c1C(C)(C)CC=O. The van der Waals surface area contributed by atoms with Crippen molar-refractivity contribution in [1.82, 2.24) is 9.78 Å². The maximum absolute atomic E-state index is 12.3. The van der Waals surface area contributed by atoms with Gasteiger partial charge in [0.2, 0.25) is 0 Å². The monoisotopic (exact) mass is 314 g/mol. The van der Waals surface area contributed by atoms with Gasteiger partial charge in [0.15, 0.2) is 0 Å². The summed E-state index contributed by atoms with van der Waals surface area (Å²) in [7, 11) is 0. The van der Waals surface area contributed by atoms with Crippen LogP contribution in [0.5, 0.6) is 0 Å². The third kappa shape index (κ3) is 3.50. The summed E-state index contributed by atoms with van der Waals surface area (Å²) in [5.41, 5.74) is 2.50. The first-order valence-electron chi connectivity index (χ1n) is 7.67. The zero-order valence-corrected chi connectivity index (χ0v) is 14.0. The highest BCUT2D eigenvalue weighted by atomic mass is 16.5. The van der Waals surface area contributed by atoms with Gasteiger partial charge in [0, 0.05) is 11.8 Å². The molecule has 1 aromatic carbocycles. The number of hydrogen-bond donors (Lipinski definition) is 0. The quantitative estimate of drug-likeness (QED) is 0.606. The Hall–Kier alpha value is -2.43. The van der Waals surface area contributed by atoms with Crippen molar-refractivity contribution in [2.45, 2.75) is 39.5 Å². The van der Waals surface area contributed by atoms with Gasteiger partial charge in [-0.25, -0.2) is 9.48 Å². The first kappa shape index (κ1) is 16.9. The number of rotatable bonds is 6. The van der Waals surface area contributed by atoms with E-state index in [0.717, 1.165) is 17.5 Å². The van der Waals surface area contributed by atoms with Gasteiger partial charge < -0.3 is 9.53 Å². The minimum atomic E-state index is -0.538. The highest BCUT2D eigenvalue weighted by molar-refractivity contribution is 5.91. The molecule has 5 heteroatoms. The van der Waals surface area contributed by atoms with Crippen LogP contribution in [0.2, 0.25) is 0 Å². The number of ether oxygens (including phenoxy) is 1. The topological polar surface area (TPSA) is 61.2 Å². The predicted octanol–water partition coefficient (Wildman–Crippen LogP) is 3.22. The maximum Gasteiger partial charge on any atom is 0.341 e. The molecule has 0 atom stereocenters. The highest BCUT2D eigenvalue weighted by Crippen LogP contribution is 2.31. The summed E-state index contributed by atoms with van der Waals surface area (Å²) >= 11 is 0. The molecule has 0 unspecified atom stereocenters. The van der Waals surface area contributed by atoms with Gasteiger partial charge in [-0.1, -0.05) is 26.0 Å². The molecule has 5 nitrogen and oxygen atoms in total. The van der Waals surface area contributed by atoms with Crippen LogP contribution in [0.1, 0.15) is 48.8 Å². The molecule has 0 aliphatic rings. The molecule has 122 valence electrons. The number of carbonyl (C=O) groups excluding carboxylic acids is 2. The minimum Gasteiger partial charge on any atom is -0.462 e. The number of benzene rings is 1. The Labute approximate surface area is 136 Å². The van der Waals surface area contributed by atoms with E-state index in [1.54, 1.807) is 11.6 Å². The summed E-state index contributed by atoms with van der Waals surface area (Å²) in [5.74, 6) is -0.416. The fourth-order valence-corrected chi connectivity index (χ4v) is 2.62. The van der Waals surface area contributed by atoms with Gasteiger partial charge in [0.05, 0.1) is 24.2 Å². The van der Waals surface area contributed by atoms with Gasteiger partial charge in [-0.15, -0.1) is 0 Å². The van der Waals surface area contributed by atoms with Crippen molar-refractivity contribution in [3.05, 3.63) is 47.3 Å². The molecule has 0 saturated carbocycles. The van der Waals surface area contributed by atoms with Crippen molar-refractivity contribution < 1.29 is 14.3 Å². The fraction of sp³-hybridized carbons (Fsp3) is 0.389. The number of esters is 1. The summed E-state index contributed by atoms with van der Waals surface area (Å²) in [6.07, 6.45) is 2.67. The van der Waals surface area contributed by atoms with Crippen LogP contribution in [-0.4, -0.2) is 28.6 Å². The molecule has 0 saturated heterocycles. The molecule has 0 fully saturated rings. The van der Waals surface area contributed by atoms with Gasteiger partial charge in [-0.2, -0.15) is 5.10 Å². The zero-order chi connectivity index (χ0) is 17.0. The van der Waals surface area contributed by atoms with Crippen molar-refractivity contribution >= 4 is 12.3 Å². The molecule has 0 amide bonds. The lowest BCUT2D eigenvalue weighted by atomic mass is 9.83. The van der Waals surface area contributed by atoms with Crippen molar-refractivity contribution in [2.24, 2.45) is 0 Å². The lowest BCUT2D eigenvalue weighted by Gasteiger charge is -2.25. The number of nitrogens with zero attached hydrogens (tertiary/aromatic N) is 2. The third-order valence-electron chi connectivity index (χ3n) is 3.75. The molecule has 2 aromatic rings. The summed E-state index contributed by atoms with van der Waals surface area (Å²) in [5, 5.41) is 4.38. The van der Waals surface area contributed by atoms with Crippen LogP contribution in [0.4, 0.5) is 0 Å². The molecule has 0 radical (unpaired) electrons. The zero-order valence-electron chi connectivity index (χ0n) is 14.0. The van der Waals surface area contributed by atoms with E-state index in [1.165, 1.54) is 6.20 Å². The van der Waals surface area contributed by atoms with Gasteiger partial charge in [0.25, 0.3) is 0 Å². The van der Waals surface area contributed by atoms with Crippen LogP contribution in [-0.2, 0) is 14.9 Å². The molecular weight excluding hydrogens is 292 g/mol. The summed E-state index contributed by atoms with van der Waals surface area (Å²) in [6.45, 7) is 7.90. The van der Waals surface area contributed by atoms with Crippen LogP contribution < -0.4 is 0 Å². The standard InChI is InChI=1S/C18H22N2O3/c1-5-23-17(22)15-12-19-20(14-8-6-7-13(2)11-14)16(15)18(3,4)9-10-21/h6-8,10-12H,5,9H2,1-4H3. The smallest absolute Gasteiger partial charge is 0.341 e. The van der Waals surface area contributed by atoms with Crippen molar-refractivity contribution in [2.75, 3.05) is 6.61 Å². The Morgan fingerprint density at radius 2 is 2.13 bits per heavy atom. The van der Waals surface area contributed by atoms with Gasteiger partial charge in [-0.3, -0.25) is 0 Å². The van der Waals surface area contributed by atoms with E-state index < -0.39 is 11.4 Å². The lowest BCUT2D eigenvalue weighted by molar-refractivity contribution is -0.108. The summed E-state index contributed by atoms with van der Waals surface area (Å²) in [6, 6.07) is 7.85. The van der Waals surface area contributed by atoms with Crippen molar-refractivity contribution in [3.8, 4) is 5.69 Å². The second kappa shape index (κ2) is 6.77. The van der Waals surface area contributed by atoms with E-state index in [0.29, 0.717) is 17.9 Å². The number of aryl methyl sites for hydroxylation is 1. The number of aromatic nitrogens is 2. The Kier molecular flexibility index (Phi) is 4.98. The van der Waals surface area contributed by atoms with E-state index in [2.05, 4.69) is 5.10 Å². The van der Waals surface area contributed by atoms with Crippen LogP contribution in [0.3, 0.4) is 0 Å². The number of hydrogen-bond acceptors (Lipinski definition) is 4. The molecular formula is C18H22N2O3. The average molecular weight is 314 g/mol. The molecule has 1 heterocycles. The van der Waals surface area contributed by atoms with E-state index in [4.69, 9.17) is 4.74 Å². The Morgan fingerprint density at radius 3 is 2.74 bits per heavy atom. The van der Waals surface area contributed by atoms with E-state index >= 15 is 0 Å². The first-order valence-corrected chi connectivity index (χ1v) is 7.67. The second-order valence-electron chi connectivity index (χ2n) is 6.13. The predicted molar refractivity (Wildman–Crippen MR) is 88.0 cm³/mol. The molecule has 0 aliphatic heterocycles. The van der Waals surface area contributed by atoms with Crippen LogP contribution in [0.25, 0.3) is 5.69 Å². The molecule has 0 bridgehead atoms. The summed E-state index contributed by atoms with van der Waals surface area (Å²) < 4.78 is 6.86. The van der Waals surface area contributed by atoms with Crippen LogP contribution >= 0.6 is 0 Å². The van der Waals surface area contributed by atoms with Crippen molar-refractivity contribution in [3.63, 3.8) is 0 Å². The van der Waals surface area contributed by atoms with Crippen LogP contribution in [0, 0.1) is 6.92 Å². The molecule has 0 N–H and O–H groups in total. The first-order chi connectivity index (χ1) is 10.9. The molecule has 1 aromatic heterocycles. The summed E-state index contributed by atoms with van der Waals surface area (Å²) in [4.78, 5) is 23.3. The van der Waals surface area contributed by atoms with Gasteiger partial charge >= 0.3 is 5.97 Å². The molecule has 0 spiro atoms. The van der Waals surface area contributed by atoms with E-state index in [9.17, 15) is 9.59 Å². The lowest BCUT2D eigenvalue weighted by Crippen LogP contribution is -2.25. The average Bonchev–Trinajstić information content (AvgIpc) is 2.93. The van der Waals surface area contributed by atoms with E-state index in [-0.39, 0.29) is 6.42 Å². The highest BCUT2D eigenvalue weighted by Gasteiger charge is 2.32. The van der Waals surface area contributed by atoms with Crippen LogP contribution in [0.15, 0.2) is 30.5 Å². The fourth-order valence-electron chi connectivity index (χ4n) is 2.62. The molecule has 2 rings (SSSR count). The third-order valence-corrected chi connectivity index (χ3v) is 3.75. The second-order valence-corrected chi connectivity index (χ2v) is 6.13. The Morgan fingerprint density at radius 1 is 1.39 bits per heavy atom. The molecule has 23 heavy (non-hydrogen) atoms. The minimum absolute atomic E-state index is 0.289. The maximum atomic E-state index is 12.3. The van der Waals surface area contributed by atoms with Crippen molar-refractivity contribution in [1.29, 1.82) is 0 Å². The Balaban J connectivity index is 2.64. The number of carbonyl (C=O) groups is 2. The molecule has 0 aliphatic carbocycles. The largest absolute Gasteiger partial charge is 0.462 e. The van der Waals surface area contributed by atoms with E-state index in [1.807, 2.05) is 45.0 Å². The normalized spacial score (nSPS) is 11.3. The van der Waals surface area contributed by atoms with Gasteiger partial charge in [-0.05, 0) is 31.5 Å². The number of aldehydes is 1.